The average Bonchev–Trinajstić information content (AvgIpc) is 2.40. The summed E-state index contributed by atoms with van der Waals surface area (Å²) >= 11 is 0. The van der Waals surface area contributed by atoms with Gasteiger partial charge >= 0.3 is 0 Å². The SMILES string of the molecule is CC(C)Oc1ncccc1NC(=O)c1cncc(O)c1. The third-order valence-corrected chi connectivity index (χ3v) is 2.35. The van der Waals surface area contributed by atoms with Gasteiger partial charge < -0.3 is 15.2 Å². The molecule has 0 radical (unpaired) electrons. The van der Waals surface area contributed by atoms with Crippen LogP contribution in [0.1, 0.15) is 24.2 Å². The zero-order chi connectivity index (χ0) is 14.5. The molecule has 0 atom stereocenters. The molecular formula is C14H15N3O3. The standard InChI is InChI=1S/C14H15N3O3/c1-9(2)20-14-12(4-3-5-16-14)17-13(19)10-6-11(18)8-15-7-10/h3-9,18H,1-2H3,(H,17,19). The highest BCUT2D eigenvalue weighted by Gasteiger charge is 2.12. The quantitative estimate of drug-likeness (QED) is 0.892. The lowest BCUT2D eigenvalue weighted by molar-refractivity contribution is 0.102. The minimum Gasteiger partial charge on any atom is -0.506 e. The largest absolute Gasteiger partial charge is 0.506 e. The van der Waals surface area contributed by atoms with Crippen LogP contribution >= 0.6 is 0 Å². The highest BCUT2D eigenvalue weighted by Crippen LogP contribution is 2.22. The smallest absolute Gasteiger partial charge is 0.257 e. The van der Waals surface area contributed by atoms with Crippen molar-refractivity contribution in [3.05, 3.63) is 42.4 Å². The normalized spacial score (nSPS) is 10.3. The number of hydrogen-bond acceptors (Lipinski definition) is 5. The predicted octanol–water partition coefficient (Wildman–Crippen LogP) is 2.22. The van der Waals surface area contributed by atoms with Crippen LogP contribution in [0, 0.1) is 0 Å². The van der Waals surface area contributed by atoms with E-state index >= 15 is 0 Å². The second kappa shape index (κ2) is 6.01. The highest BCUT2D eigenvalue weighted by molar-refractivity contribution is 6.04. The summed E-state index contributed by atoms with van der Waals surface area (Å²) in [6, 6.07) is 4.73. The van der Waals surface area contributed by atoms with Gasteiger partial charge in [-0.05, 0) is 32.0 Å². The highest BCUT2D eigenvalue weighted by atomic mass is 16.5. The van der Waals surface area contributed by atoms with Crippen LogP contribution in [0.2, 0.25) is 0 Å². The van der Waals surface area contributed by atoms with E-state index < -0.39 is 5.91 Å². The van der Waals surface area contributed by atoms with E-state index in [9.17, 15) is 9.90 Å². The van der Waals surface area contributed by atoms with Crippen molar-refractivity contribution < 1.29 is 14.6 Å². The first-order valence-corrected chi connectivity index (χ1v) is 6.13. The molecule has 2 N–H and O–H groups in total. The summed E-state index contributed by atoms with van der Waals surface area (Å²) in [6.07, 6.45) is 4.16. The lowest BCUT2D eigenvalue weighted by Crippen LogP contribution is -2.15. The molecule has 0 aliphatic heterocycles. The molecule has 0 aliphatic carbocycles. The number of rotatable bonds is 4. The Morgan fingerprint density at radius 3 is 2.90 bits per heavy atom. The Morgan fingerprint density at radius 2 is 2.20 bits per heavy atom. The number of aromatic nitrogens is 2. The van der Waals surface area contributed by atoms with E-state index in [1.54, 1.807) is 18.3 Å². The van der Waals surface area contributed by atoms with Crippen molar-refractivity contribution in [2.45, 2.75) is 20.0 Å². The van der Waals surface area contributed by atoms with E-state index in [1.165, 1.54) is 18.5 Å². The van der Waals surface area contributed by atoms with Crippen molar-refractivity contribution >= 4 is 11.6 Å². The Bertz CT molecular complexity index is 614. The zero-order valence-electron chi connectivity index (χ0n) is 11.2. The minimum atomic E-state index is -0.394. The fraction of sp³-hybridized carbons (Fsp3) is 0.214. The summed E-state index contributed by atoms with van der Waals surface area (Å²) in [4.78, 5) is 19.9. The number of carbonyl (C=O) groups excluding carboxylic acids is 1. The maximum absolute atomic E-state index is 12.1. The van der Waals surface area contributed by atoms with Crippen LogP contribution in [-0.4, -0.2) is 27.1 Å². The second-order valence-corrected chi connectivity index (χ2v) is 4.41. The molecule has 104 valence electrons. The molecule has 0 saturated heterocycles. The number of amides is 1. The summed E-state index contributed by atoms with van der Waals surface area (Å²) in [5.74, 6) is -0.110. The van der Waals surface area contributed by atoms with Gasteiger partial charge in [0.15, 0.2) is 0 Å². The summed E-state index contributed by atoms with van der Waals surface area (Å²) in [7, 11) is 0. The van der Waals surface area contributed by atoms with Crippen LogP contribution in [0.15, 0.2) is 36.8 Å². The molecule has 0 unspecified atom stereocenters. The fourth-order valence-corrected chi connectivity index (χ4v) is 1.55. The molecule has 1 amide bonds. The third-order valence-electron chi connectivity index (χ3n) is 2.35. The van der Waals surface area contributed by atoms with Gasteiger partial charge in [0.2, 0.25) is 5.88 Å². The van der Waals surface area contributed by atoms with Crippen molar-refractivity contribution in [3.8, 4) is 11.6 Å². The van der Waals surface area contributed by atoms with Crippen molar-refractivity contribution in [2.75, 3.05) is 5.32 Å². The molecule has 6 heteroatoms. The second-order valence-electron chi connectivity index (χ2n) is 4.41. The number of carbonyl (C=O) groups is 1. The molecule has 0 spiro atoms. The monoisotopic (exact) mass is 273 g/mol. The number of anilines is 1. The maximum Gasteiger partial charge on any atom is 0.257 e. The Hall–Kier alpha value is -2.63. The predicted molar refractivity (Wildman–Crippen MR) is 73.9 cm³/mol. The lowest BCUT2D eigenvalue weighted by Gasteiger charge is -2.13. The van der Waals surface area contributed by atoms with Gasteiger partial charge in [-0.25, -0.2) is 4.98 Å². The first kappa shape index (κ1) is 13.8. The molecule has 0 fully saturated rings. The average molecular weight is 273 g/mol. The summed E-state index contributed by atoms with van der Waals surface area (Å²) in [5, 5.41) is 12.0. The molecule has 2 aromatic rings. The minimum absolute atomic E-state index is 0.0528. The van der Waals surface area contributed by atoms with Gasteiger partial charge in [0, 0.05) is 12.4 Å². The number of nitrogens with one attached hydrogen (secondary N) is 1. The summed E-state index contributed by atoms with van der Waals surface area (Å²) in [5.41, 5.74) is 0.721. The zero-order valence-corrected chi connectivity index (χ0v) is 11.2. The molecule has 0 saturated carbocycles. The van der Waals surface area contributed by atoms with E-state index in [2.05, 4.69) is 15.3 Å². The fourth-order valence-electron chi connectivity index (χ4n) is 1.55. The maximum atomic E-state index is 12.1. The van der Waals surface area contributed by atoms with Crippen LogP contribution < -0.4 is 10.1 Å². The molecule has 2 aromatic heterocycles. The molecule has 0 bridgehead atoms. The molecule has 2 heterocycles. The first-order chi connectivity index (χ1) is 9.56. The van der Waals surface area contributed by atoms with Gasteiger partial charge in [0.25, 0.3) is 5.91 Å². The number of ether oxygens (including phenoxy) is 1. The van der Waals surface area contributed by atoms with E-state index in [0.29, 0.717) is 11.6 Å². The summed E-state index contributed by atoms with van der Waals surface area (Å²) in [6.45, 7) is 3.75. The Kier molecular flexibility index (Phi) is 4.14. The van der Waals surface area contributed by atoms with Crippen molar-refractivity contribution in [3.63, 3.8) is 0 Å². The number of pyridine rings is 2. The van der Waals surface area contributed by atoms with Gasteiger partial charge in [-0.1, -0.05) is 0 Å². The van der Waals surface area contributed by atoms with E-state index in [4.69, 9.17) is 4.74 Å². The molecule has 20 heavy (non-hydrogen) atoms. The van der Waals surface area contributed by atoms with E-state index in [-0.39, 0.29) is 17.4 Å². The Balaban J connectivity index is 2.19. The molecule has 0 aliphatic rings. The van der Waals surface area contributed by atoms with E-state index in [1.807, 2.05) is 13.8 Å². The van der Waals surface area contributed by atoms with Gasteiger partial charge in [-0.15, -0.1) is 0 Å². The van der Waals surface area contributed by atoms with Crippen molar-refractivity contribution in [1.82, 2.24) is 9.97 Å². The Morgan fingerprint density at radius 1 is 1.40 bits per heavy atom. The number of aromatic hydroxyl groups is 1. The van der Waals surface area contributed by atoms with Gasteiger partial charge in [0.05, 0.1) is 17.9 Å². The van der Waals surface area contributed by atoms with Crippen LogP contribution in [0.5, 0.6) is 11.6 Å². The van der Waals surface area contributed by atoms with Gasteiger partial charge in [-0.2, -0.15) is 0 Å². The summed E-state index contributed by atoms with van der Waals surface area (Å²) < 4.78 is 5.51. The first-order valence-electron chi connectivity index (χ1n) is 6.13. The van der Waals surface area contributed by atoms with Crippen LogP contribution in [-0.2, 0) is 0 Å². The van der Waals surface area contributed by atoms with E-state index in [0.717, 1.165) is 0 Å². The molecular weight excluding hydrogens is 258 g/mol. The number of hydrogen-bond donors (Lipinski definition) is 2. The van der Waals surface area contributed by atoms with Gasteiger partial charge in [0.1, 0.15) is 11.4 Å². The molecule has 2 rings (SSSR count). The van der Waals surface area contributed by atoms with Crippen LogP contribution in [0.4, 0.5) is 5.69 Å². The van der Waals surface area contributed by atoms with Crippen molar-refractivity contribution in [1.29, 1.82) is 0 Å². The molecule has 0 aromatic carbocycles. The Labute approximate surface area is 116 Å². The third kappa shape index (κ3) is 3.44. The lowest BCUT2D eigenvalue weighted by atomic mass is 10.2. The van der Waals surface area contributed by atoms with Crippen LogP contribution in [0.25, 0.3) is 0 Å². The topological polar surface area (TPSA) is 84.3 Å². The van der Waals surface area contributed by atoms with Crippen LogP contribution in [0.3, 0.4) is 0 Å². The van der Waals surface area contributed by atoms with Crippen molar-refractivity contribution in [2.24, 2.45) is 0 Å². The molecule has 6 nitrogen and oxygen atoms in total. The number of nitrogens with zero attached hydrogens (tertiary/aromatic N) is 2. The van der Waals surface area contributed by atoms with Gasteiger partial charge in [-0.3, -0.25) is 9.78 Å².